The third-order valence-electron chi connectivity index (χ3n) is 0.920. The SMILES string of the molecule is N[Si]Oc1ccccc1. The molecule has 46 valence electrons. The van der Waals surface area contributed by atoms with Crippen molar-refractivity contribution in [1.82, 2.24) is 0 Å². The van der Waals surface area contributed by atoms with Crippen LogP contribution in [0.15, 0.2) is 30.3 Å². The van der Waals surface area contributed by atoms with Crippen LogP contribution in [0.3, 0.4) is 0 Å². The highest BCUT2D eigenvalue weighted by molar-refractivity contribution is 6.23. The van der Waals surface area contributed by atoms with Gasteiger partial charge in [-0.2, -0.15) is 0 Å². The van der Waals surface area contributed by atoms with E-state index >= 15 is 0 Å². The highest BCUT2D eigenvalue weighted by Gasteiger charge is 1.86. The maximum atomic E-state index is 5.17. The van der Waals surface area contributed by atoms with Gasteiger partial charge in [-0.15, -0.1) is 0 Å². The van der Waals surface area contributed by atoms with Gasteiger partial charge in [0.2, 0.25) is 0 Å². The van der Waals surface area contributed by atoms with Gasteiger partial charge in [-0.3, -0.25) is 0 Å². The first-order valence-electron chi connectivity index (χ1n) is 2.61. The van der Waals surface area contributed by atoms with Gasteiger partial charge in [0.25, 0.3) is 0 Å². The molecule has 2 N–H and O–H groups in total. The largest absolute Gasteiger partial charge is 0.527 e. The highest BCUT2D eigenvalue weighted by atomic mass is 28.2. The van der Waals surface area contributed by atoms with Crippen molar-refractivity contribution in [3.8, 4) is 5.75 Å². The van der Waals surface area contributed by atoms with Crippen LogP contribution in [0, 0.1) is 0 Å². The van der Waals surface area contributed by atoms with Crippen molar-refractivity contribution >= 4 is 9.92 Å². The maximum Gasteiger partial charge on any atom is 0.419 e. The Morgan fingerprint density at radius 3 is 2.44 bits per heavy atom. The zero-order chi connectivity index (χ0) is 6.53. The smallest absolute Gasteiger partial charge is 0.419 e. The van der Waals surface area contributed by atoms with Gasteiger partial charge >= 0.3 is 9.92 Å². The van der Waals surface area contributed by atoms with Crippen LogP contribution in [-0.4, -0.2) is 9.92 Å². The molecule has 1 rings (SSSR count). The summed E-state index contributed by atoms with van der Waals surface area (Å²) >= 11 is 0. The van der Waals surface area contributed by atoms with Crippen molar-refractivity contribution in [2.24, 2.45) is 5.40 Å². The molecule has 0 spiro atoms. The average molecular weight is 137 g/mol. The van der Waals surface area contributed by atoms with Crippen LogP contribution >= 0.6 is 0 Å². The molecule has 0 heterocycles. The molecule has 0 bridgehead atoms. The predicted molar refractivity (Wildman–Crippen MR) is 37.0 cm³/mol. The van der Waals surface area contributed by atoms with Gasteiger partial charge in [-0.05, 0) is 12.1 Å². The molecule has 3 heteroatoms. The van der Waals surface area contributed by atoms with Crippen LogP contribution < -0.4 is 9.83 Å². The van der Waals surface area contributed by atoms with Crippen molar-refractivity contribution in [3.63, 3.8) is 0 Å². The molecule has 0 aliphatic heterocycles. The van der Waals surface area contributed by atoms with Gasteiger partial charge in [-0.1, -0.05) is 18.2 Å². The lowest BCUT2D eigenvalue weighted by molar-refractivity contribution is 0.595. The maximum absolute atomic E-state index is 5.17. The lowest BCUT2D eigenvalue weighted by atomic mass is 10.3. The van der Waals surface area contributed by atoms with E-state index in [-0.39, 0.29) is 9.92 Å². The van der Waals surface area contributed by atoms with Gasteiger partial charge < -0.3 is 9.83 Å². The number of rotatable bonds is 2. The second-order valence-corrected chi connectivity index (χ2v) is 1.97. The van der Waals surface area contributed by atoms with Crippen LogP contribution in [0.2, 0.25) is 0 Å². The summed E-state index contributed by atoms with van der Waals surface area (Å²) in [5.41, 5.74) is 0. The first-order chi connectivity index (χ1) is 4.43. The van der Waals surface area contributed by atoms with Crippen molar-refractivity contribution in [2.45, 2.75) is 0 Å². The summed E-state index contributed by atoms with van der Waals surface area (Å²) in [4.78, 5) is 0. The summed E-state index contributed by atoms with van der Waals surface area (Å²) in [5.74, 6) is 0.832. The first-order valence-corrected chi connectivity index (χ1v) is 3.59. The zero-order valence-corrected chi connectivity index (χ0v) is 5.87. The third kappa shape index (κ3) is 1.87. The highest BCUT2D eigenvalue weighted by Crippen LogP contribution is 2.05. The molecular weight excluding hydrogens is 130 g/mol. The molecule has 0 saturated carbocycles. The standard InChI is InChI=1S/C6H7NOSi/c7-9-8-6-4-2-1-3-5-6/h1-5H,7H2. The number of benzene rings is 1. The van der Waals surface area contributed by atoms with E-state index in [1.54, 1.807) is 0 Å². The quantitative estimate of drug-likeness (QED) is 0.604. The minimum Gasteiger partial charge on any atom is -0.527 e. The molecule has 0 fully saturated rings. The predicted octanol–water partition coefficient (Wildman–Crippen LogP) is 0.558. The fraction of sp³-hybridized carbons (Fsp3) is 0. The van der Waals surface area contributed by atoms with Gasteiger partial charge in [-0.25, -0.2) is 0 Å². The second-order valence-electron chi connectivity index (χ2n) is 1.53. The van der Waals surface area contributed by atoms with E-state index in [1.165, 1.54) is 0 Å². The van der Waals surface area contributed by atoms with Crippen molar-refractivity contribution in [3.05, 3.63) is 30.3 Å². The molecule has 0 aliphatic carbocycles. The van der Waals surface area contributed by atoms with E-state index in [9.17, 15) is 0 Å². The van der Waals surface area contributed by atoms with Crippen LogP contribution in [0.1, 0.15) is 0 Å². The summed E-state index contributed by atoms with van der Waals surface area (Å²) in [5, 5.41) is 5.17. The Morgan fingerprint density at radius 2 is 1.89 bits per heavy atom. The van der Waals surface area contributed by atoms with E-state index in [1.807, 2.05) is 30.3 Å². The normalized spacial score (nSPS) is 9.00. The molecule has 0 aromatic heterocycles. The molecule has 0 saturated heterocycles. The fourth-order valence-corrected chi connectivity index (χ4v) is 0.829. The van der Waals surface area contributed by atoms with Gasteiger partial charge in [0.15, 0.2) is 0 Å². The summed E-state index contributed by atoms with van der Waals surface area (Å²) in [6, 6.07) is 9.51. The van der Waals surface area contributed by atoms with E-state index in [2.05, 4.69) is 0 Å². The monoisotopic (exact) mass is 137 g/mol. The van der Waals surface area contributed by atoms with Crippen molar-refractivity contribution in [1.29, 1.82) is 0 Å². The Kier molecular flexibility index (Phi) is 2.29. The minimum absolute atomic E-state index is 0.0352. The fourth-order valence-electron chi connectivity index (χ4n) is 0.557. The summed E-state index contributed by atoms with van der Waals surface area (Å²) in [7, 11) is 0.0352. The van der Waals surface area contributed by atoms with Crippen LogP contribution in [0.25, 0.3) is 0 Å². The lowest BCUT2D eigenvalue weighted by Crippen LogP contribution is -2.12. The van der Waals surface area contributed by atoms with Crippen molar-refractivity contribution in [2.75, 3.05) is 0 Å². The zero-order valence-electron chi connectivity index (χ0n) is 4.87. The summed E-state index contributed by atoms with van der Waals surface area (Å²) in [6.07, 6.45) is 0. The molecular formula is C6H7NOSi. The topological polar surface area (TPSA) is 35.2 Å². The molecule has 0 aliphatic rings. The van der Waals surface area contributed by atoms with Crippen molar-refractivity contribution < 1.29 is 4.43 Å². The Labute approximate surface area is 56.7 Å². The molecule has 1 aromatic rings. The van der Waals surface area contributed by atoms with Crippen LogP contribution in [0.4, 0.5) is 0 Å². The molecule has 2 radical (unpaired) electrons. The third-order valence-corrected chi connectivity index (χ3v) is 1.27. The number of nitrogens with two attached hydrogens (primary N) is 1. The molecule has 9 heavy (non-hydrogen) atoms. The van der Waals surface area contributed by atoms with E-state index in [4.69, 9.17) is 9.83 Å². The van der Waals surface area contributed by atoms with Gasteiger partial charge in [0.05, 0.1) is 0 Å². The van der Waals surface area contributed by atoms with E-state index < -0.39 is 0 Å². The lowest BCUT2D eigenvalue weighted by Gasteiger charge is -1.97. The Hall–Kier alpha value is -0.803. The summed E-state index contributed by atoms with van der Waals surface area (Å²) in [6.45, 7) is 0. The van der Waals surface area contributed by atoms with Crippen LogP contribution in [-0.2, 0) is 0 Å². The number of hydrogen-bond acceptors (Lipinski definition) is 2. The van der Waals surface area contributed by atoms with Crippen LogP contribution in [0.5, 0.6) is 5.75 Å². The average Bonchev–Trinajstić information content (AvgIpc) is 1.91. The Bertz CT molecular complexity index is 166. The molecule has 0 atom stereocenters. The minimum atomic E-state index is 0.0352. The second kappa shape index (κ2) is 3.27. The molecule has 0 amide bonds. The number of para-hydroxylation sites is 1. The molecule has 2 nitrogen and oxygen atoms in total. The summed E-state index contributed by atoms with van der Waals surface area (Å²) < 4.78 is 5.01. The Balaban J connectivity index is 2.61. The Morgan fingerprint density at radius 1 is 1.22 bits per heavy atom. The van der Waals surface area contributed by atoms with E-state index in [0.717, 1.165) is 5.75 Å². The van der Waals surface area contributed by atoms with Gasteiger partial charge in [0.1, 0.15) is 5.75 Å². The first kappa shape index (κ1) is 6.32. The molecule has 0 unspecified atom stereocenters. The number of hydrogen-bond donors (Lipinski definition) is 1. The van der Waals surface area contributed by atoms with Gasteiger partial charge in [0, 0.05) is 0 Å². The van der Waals surface area contributed by atoms with E-state index in [0.29, 0.717) is 0 Å². The molecule has 1 aromatic carbocycles.